The van der Waals surface area contributed by atoms with E-state index in [4.69, 9.17) is 0 Å². The Morgan fingerprint density at radius 1 is 1.21 bits per heavy atom. The van der Waals surface area contributed by atoms with E-state index in [9.17, 15) is 23.5 Å². The highest BCUT2D eigenvalue weighted by atomic mass is 19.3. The number of ether oxygens (including phenoxy) is 1. The number of nitrogens with one attached hydrogen (secondary N) is 1. The van der Waals surface area contributed by atoms with Gasteiger partial charge in [-0.25, -0.2) is 4.79 Å². The second kappa shape index (κ2) is 7.12. The molecule has 1 saturated heterocycles. The van der Waals surface area contributed by atoms with Gasteiger partial charge in [-0.05, 0) is 30.5 Å². The highest BCUT2D eigenvalue weighted by Crippen LogP contribution is 2.27. The molecule has 132 valence electrons. The lowest BCUT2D eigenvalue weighted by Crippen LogP contribution is -2.46. The molecule has 3 amide bonds. The first kappa shape index (κ1) is 18.1. The number of β-amino-alcohol motifs (C(OH)–C–C–N with tert-alkyl or cyclic N) is 1. The van der Waals surface area contributed by atoms with Gasteiger partial charge in [0.25, 0.3) is 5.91 Å². The average molecular weight is 342 g/mol. The van der Waals surface area contributed by atoms with Gasteiger partial charge in [-0.3, -0.25) is 9.69 Å². The third kappa shape index (κ3) is 3.48. The molecule has 1 aliphatic rings. The summed E-state index contributed by atoms with van der Waals surface area (Å²) in [5.41, 5.74) is -0.533. The minimum absolute atomic E-state index is 0.0353. The number of alkyl halides is 2. The summed E-state index contributed by atoms with van der Waals surface area (Å²) < 4.78 is 28.5. The van der Waals surface area contributed by atoms with E-state index in [1.165, 1.54) is 24.3 Å². The van der Waals surface area contributed by atoms with Crippen molar-refractivity contribution in [2.45, 2.75) is 44.9 Å². The van der Waals surface area contributed by atoms with Crippen LogP contribution in [0.3, 0.4) is 0 Å². The first-order valence-electron chi connectivity index (χ1n) is 7.70. The molecule has 0 bridgehead atoms. The summed E-state index contributed by atoms with van der Waals surface area (Å²) in [4.78, 5) is 25.5. The largest absolute Gasteiger partial charge is 0.435 e. The van der Waals surface area contributed by atoms with Crippen molar-refractivity contribution in [3.05, 3.63) is 29.8 Å². The van der Waals surface area contributed by atoms with Gasteiger partial charge in [-0.2, -0.15) is 8.78 Å². The Labute approximate surface area is 138 Å². The molecule has 2 rings (SSSR count). The summed E-state index contributed by atoms with van der Waals surface area (Å²) in [7, 11) is 0. The lowest BCUT2D eigenvalue weighted by molar-refractivity contribution is -0.132. The third-order valence-corrected chi connectivity index (χ3v) is 4.30. The van der Waals surface area contributed by atoms with Crippen molar-refractivity contribution in [2.75, 3.05) is 6.54 Å². The van der Waals surface area contributed by atoms with Gasteiger partial charge in [0.2, 0.25) is 0 Å². The fraction of sp³-hybridized carbons (Fsp3) is 0.500. The summed E-state index contributed by atoms with van der Waals surface area (Å²) in [6.45, 7) is 0.483. The Balaban J connectivity index is 2.08. The van der Waals surface area contributed by atoms with Crippen LogP contribution in [0.4, 0.5) is 13.6 Å². The summed E-state index contributed by atoms with van der Waals surface area (Å²) in [5, 5.41) is 12.9. The van der Waals surface area contributed by atoms with Crippen molar-refractivity contribution in [3.8, 4) is 5.75 Å². The van der Waals surface area contributed by atoms with E-state index >= 15 is 0 Å². The van der Waals surface area contributed by atoms with Crippen molar-refractivity contribution in [3.63, 3.8) is 0 Å². The van der Waals surface area contributed by atoms with Crippen molar-refractivity contribution < 1.29 is 28.2 Å². The number of carbonyl (C=O) groups excluding carboxylic acids is 2. The zero-order valence-corrected chi connectivity index (χ0v) is 13.5. The van der Waals surface area contributed by atoms with Crippen LogP contribution >= 0.6 is 0 Å². The first-order chi connectivity index (χ1) is 11.3. The molecule has 0 spiro atoms. The lowest BCUT2D eigenvalue weighted by Gasteiger charge is -2.24. The highest BCUT2D eigenvalue weighted by Gasteiger charge is 2.49. The maximum absolute atomic E-state index is 12.5. The van der Waals surface area contributed by atoms with Crippen LogP contribution in [0.15, 0.2) is 24.3 Å². The van der Waals surface area contributed by atoms with E-state index in [0.717, 1.165) is 4.90 Å². The summed E-state index contributed by atoms with van der Waals surface area (Å²) >= 11 is 0. The number of nitrogens with zero attached hydrogens (tertiary/aromatic N) is 1. The molecule has 1 atom stereocenters. The molecule has 1 aliphatic heterocycles. The van der Waals surface area contributed by atoms with Gasteiger partial charge >= 0.3 is 12.6 Å². The monoisotopic (exact) mass is 342 g/mol. The predicted octanol–water partition coefficient (Wildman–Crippen LogP) is 2.43. The number of amides is 3. The Hall–Kier alpha value is -2.22. The Morgan fingerprint density at radius 2 is 1.79 bits per heavy atom. The van der Waals surface area contributed by atoms with Crippen LogP contribution in [0, 0.1) is 0 Å². The van der Waals surface area contributed by atoms with Gasteiger partial charge in [0.05, 0.1) is 12.6 Å². The Morgan fingerprint density at radius 3 is 2.25 bits per heavy atom. The normalized spacial score (nSPS) is 18.0. The second-order valence-electron chi connectivity index (χ2n) is 5.60. The third-order valence-electron chi connectivity index (χ3n) is 4.30. The van der Waals surface area contributed by atoms with E-state index in [2.05, 4.69) is 10.1 Å². The molecule has 8 heteroatoms. The smallest absolute Gasteiger partial charge is 0.387 e. The number of carbonyl (C=O) groups is 2. The number of hydrogen-bond acceptors (Lipinski definition) is 4. The molecule has 0 radical (unpaired) electrons. The van der Waals surface area contributed by atoms with E-state index in [0.29, 0.717) is 18.4 Å². The summed E-state index contributed by atoms with van der Waals surface area (Å²) in [5.74, 6) is -0.402. The van der Waals surface area contributed by atoms with E-state index < -0.39 is 24.3 Å². The number of aliphatic hydroxyl groups is 1. The molecule has 0 saturated carbocycles. The minimum Gasteiger partial charge on any atom is -0.435 e. The van der Waals surface area contributed by atoms with E-state index in [-0.39, 0.29) is 18.2 Å². The fourth-order valence-corrected chi connectivity index (χ4v) is 2.72. The van der Waals surface area contributed by atoms with Crippen LogP contribution in [0.25, 0.3) is 0 Å². The van der Waals surface area contributed by atoms with Gasteiger partial charge in [0.15, 0.2) is 0 Å². The van der Waals surface area contributed by atoms with Gasteiger partial charge in [0.1, 0.15) is 11.3 Å². The SMILES string of the molecule is CCC1(CC)NC(=O)N(C[C@@H](O)c2ccc(OC(F)F)cc2)C1=O. The number of benzene rings is 1. The molecular weight excluding hydrogens is 322 g/mol. The number of urea groups is 1. The molecule has 2 N–H and O–H groups in total. The molecule has 24 heavy (non-hydrogen) atoms. The molecule has 0 unspecified atom stereocenters. The van der Waals surface area contributed by atoms with Crippen LogP contribution < -0.4 is 10.1 Å². The van der Waals surface area contributed by atoms with Gasteiger partial charge in [-0.1, -0.05) is 26.0 Å². The van der Waals surface area contributed by atoms with Gasteiger partial charge in [-0.15, -0.1) is 0 Å². The van der Waals surface area contributed by atoms with Crippen LogP contribution in [0.2, 0.25) is 0 Å². The second-order valence-corrected chi connectivity index (χ2v) is 5.60. The van der Waals surface area contributed by atoms with Gasteiger partial charge in [0, 0.05) is 0 Å². The van der Waals surface area contributed by atoms with Crippen molar-refractivity contribution in [1.82, 2.24) is 10.2 Å². The molecule has 1 fully saturated rings. The molecular formula is C16H20F2N2O4. The Bertz CT molecular complexity index is 603. The maximum Gasteiger partial charge on any atom is 0.387 e. The Kier molecular flexibility index (Phi) is 5.38. The number of hydrogen-bond donors (Lipinski definition) is 2. The summed E-state index contributed by atoms with van der Waals surface area (Å²) in [6, 6.07) is 4.86. The summed E-state index contributed by atoms with van der Waals surface area (Å²) in [6.07, 6.45) is -0.203. The molecule has 1 aromatic rings. The van der Waals surface area contributed by atoms with E-state index in [1.54, 1.807) is 0 Å². The molecule has 1 heterocycles. The van der Waals surface area contributed by atoms with Gasteiger partial charge < -0.3 is 15.2 Å². The quantitative estimate of drug-likeness (QED) is 0.746. The average Bonchev–Trinajstić information content (AvgIpc) is 2.79. The number of aliphatic hydroxyl groups excluding tert-OH is 1. The molecule has 0 aliphatic carbocycles. The highest BCUT2D eigenvalue weighted by molar-refractivity contribution is 6.07. The van der Waals surface area contributed by atoms with Crippen LogP contribution in [-0.4, -0.2) is 40.6 Å². The van der Waals surface area contributed by atoms with Crippen LogP contribution in [-0.2, 0) is 4.79 Å². The first-order valence-corrected chi connectivity index (χ1v) is 7.70. The van der Waals surface area contributed by atoms with Crippen molar-refractivity contribution >= 4 is 11.9 Å². The van der Waals surface area contributed by atoms with E-state index in [1.807, 2.05) is 13.8 Å². The standard InChI is InChI=1S/C16H20F2N2O4/c1-3-16(4-2)13(22)20(15(23)19-16)9-12(21)10-5-7-11(8-6-10)24-14(17)18/h5-8,12,14,21H,3-4,9H2,1-2H3,(H,19,23)/t12-/m1/s1. The zero-order valence-electron chi connectivity index (χ0n) is 13.5. The molecule has 1 aromatic carbocycles. The molecule has 0 aromatic heterocycles. The lowest BCUT2D eigenvalue weighted by atomic mass is 9.93. The van der Waals surface area contributed by atoms with Crippen LogP contribution in [0.5, 0.6) is 5.75 Å². The zero-order chi connectivity index (χ0) is 17.9. The number of halogens is 2. The molecule has 6 nitrogen and oxygen atoms in total. The number of imide groups is 1. The van der Waals surface area contributed by atoms with Crippen molar-refractivity contribution in [2.24, 2.45) is 0 Å². The predicted molar refractivity (Wildman–Crippen MR) is 81.6 cm³/mol. The van der Waals surface area contributed by atoms with Crippen molar-refractivity contribution in [1.29, 1.82) is 0 Å². The number of rotatable bonds is 7. The topological polar surface area (TPSA) is 78.9 Å². The fourth-order valence-electron chi connectivity index (χ4n) is 2.72. The minimum atomic E-state index is -2.93. The van der Waals surface area contributed by atoms with Crippen LogP contribution in [0.1, 0.15) is 38.4 Å². The maximum atomic E-state index is 12.5.